The second-order valence-electron chi connectivity index (χ2n) is 23.4. The lowest BCUT2D eigenvalue weighted by atomic mass is 9.87. The van der Waals surface area contributed by atoms with Gasteiger partial charge < -0.3 is 29.4 Å². The van der Waals surface area contributed by atoms with Crippen molar-refractivity contribution in [2.75, 3.05) is 67.1 Å². The summed E-state index contributed by atoms with van der Waals surface area (Å²) in [5.74, 6) is 0.570. The van der Waals surface area contributed by atoms with Crippen LogP contribution in [0.15, 0.2) is 97.1 Å². The molecule has 0 radical (unpaired) electrons. The van der Waals surface area contributed by atoms with Crippen LogP contribution in [-0.4, -0.2) is 103 Å². The lowest BCUT2D eigenvalue weighted by Crippen LogP contribution is -2.60. The maximum absolute atomic E-state index is 14.5. The van der Waals surface area contributed by atoms with E-state index in [1.807, 2.05) is 13.8 Å². The van der Waals surface area contributed by atoms with Gasteiger partial charge in [0.15, 0.2) is 0 Å². The quantitative estimate of drug-likeness (QED) is 0.141. The number of hydrogen-bond donors (Lipinski definition) is 0. The summed E-state index contributed by atoms with van der Waals surface area (Å²) in [6, 6.07) is 35.7. The van der Waals surface area contributed by atoms with Crippen LogP contribution in [0, 0.1) is 0 Å². The SMILES string of the molecule is CCC(=O)N1CCN(c2ccc(C(C)(C)C)cc2)CC1c1ccc(CCC(=O)N2CCN(c3ccc(C(C)(C)C)cc3)CC2CCC2CN(c3ccc(C(C)(C)C)cc3)CC(C)N2C(=O)CC)cc1. The lowest BCUT2D eigenvalue weighted by Gasteiger charge is -2.48. The highest BCUT2D eigenvalue weighted by Gasteiger charge is 2.38. The Bertz CT molecular complexity index is 2340. The molecule has 3 heterocycles. The summed E-state index contributed by atoms with van der Waals surface area (Å²) in [6.07, 6.45) is 3.67. The topological polar surface area (TPSA) is 70.7 Å². The van der Waals surface area contributed by atoms with Gasteiger partial charge in [-0.25, -0.2) is 0 Å². The van der Waals surface area contributed by atoms with E-state index in [-0.39, 0.29) is 58.1 Å². The van der Waals surface area contributed by atoms with Gasteiger partial charge in [0.05, 0.1) is 6.04 Å². The molecule has 3 fully saturated rings. The fourth-order valence-electron chi connectivity index (χ4n) is 10.9. The number of carbonyl (C=O) groups is 3. The fourth-order valence-corrected chi connectivity index (χ4v) is 10.9. The molecule has 9 nitrogen and oxygen atoms in total. The Labute approximate surface area is 416 Å². The summed E-state index contributed by atoms with van der Waals surface area (Å²) >= 11 is 0. The molecule has 0 spiro atoms. The van der Waals surface area contributed by atoms with E-state index in [2.05, 4.69) is 196 Å². The normalized spacial score (nSPS) is 20.6. The molecule has 0 aromatic heterocycles. The third-order valence-corrected chi connectivity index (χ3v) is 15.3. The predicted molar refractivity (Wildman–Crippen MR) is 287 cm³/mol. The average Bonchev–Trinajstić information content (AvgIpc) is 3.33. The standard InChI is InChI=1S/C60H84N6O3/c1-13-55(67)65-38-36-62(50-28-22-47(23-29-50)59(7,8)9)42-54(65)45-18-15-44(16-19-45)17-34-57(69)64-37-35-61(49-26-20-46(21-27-49)58(4,5)6)40-52(64)32-33-53-41-63(39-43(3)66(53)56(68)14-2)51-30-24-48(25-31-51)60(10,11)12/h15-16,18-31,43,52-54H,13-14,17,32-42H2,1-12H3. The van der Waals surface area contributed by atoms with Crippen LogP contribution >= 0.6 is 0 Å². The van der Waals surface area contributed by atoms with E-state index in [0.717, 1.165) is 63.2 Å². The predicted octanol–water partition coefficient (Wildman–Crippen LogP) is 11.3. The molecular formula is C60H84N6O3. The first-order valence-corrected chi connectivity index (χ1v) is 26.2. The Hall–Kier alpha value is -5.31. The number of benzene rings is 4. The highest BCUT2D eigenvalue weighted by Crippen LogP contribution is 2.34. The number of piperazine rings is 3. The van der Waals surface area contributed by atoms with Crippen LogP contribution in [0.2, 0.25) is 0 Å². The number of amides is 3. The van der Waals surface area contributed by atoms with Crippen LogP contribution in [0.5, 0.6) is 0 Å². The van der Waals surface area contributed by atoms with Crippen molar-refractivity contribution in [3.63, 3.8) is 0 Å². The monoisotopic (exact) mass is 937 g/mol. The maximum atomic E-state index is 14.5. The molecular weight excluding hydrogens is 853 g/mol. The zero-order valence-corrected chi connectivity index (χ0v) is 44.4. The molecule has 3 amide bonds. The summed E-state index contributed by atoms with van der Waals surface area (Å²) in [7, 11) is 0. The van der Waals surface area contributed by atoms with Gasteiger partial charge in [-0.1, -0.05) is 137 Å². The second kappa shape index (κ2) is 21.4. The molecule has 372 valence electrons. The number of anilines is 3. The Balaban J connectivity index is 1.07. The summed E-state index contributed by atoms with van der Waals surface area (Å²) in [5, 5.41) is 0. The van der Waals surface area contributed by atoms with Crippen molar-refractivity contribution in [3.05, 3.63) is 125 Å². The van der Waals surface area contributed by atoms with Gasteiger partial charge in [0.1, 0.15) is 0 Å². The summed E-state index contributed by atoms with van der Waals surface area (Å²) in [6.45, 7) is 32.3. The van der Waals surface area contributed by atoms with Crippen LogP contribution in [-0.2, 0) is 37.0 Å². The molecule has 0 N–H and O–H groups in total. The smallest absolute Gasteiger partial charge is 0.223 e. The Morgan fingerprint density at radius 1 is 0.478 bits per heavy atom. The average molecular weight is 937 g/mol. The van der Waals surface area contributed by atoms with Gasteiger partial charge in [-0.15, -0.1) is 0 Å². The molecule has 0 bridgehead atoms. The van der Waals surface area contributed by atoms with Crippen molar-refractivity contribution in [2.45, 2.75) is 162 Å². The van der Waals surface area contributed by atoms with E-state index < -0.39 is 0 Å². The van der Waals surface area contributed by atoms with Gasteiger partial charge in [0.2, 0.25) is 17.7 Å². The van der Waals surface area contributed by atoms with Crippen LogP contribution in [0.3, 0.4) is 0 Å². The number of rotatable bonds is 12. The van der Waals surface area contributed by atoms with Crippen molar-refractivity contribution in [2.24, 2.45) is 0 Å². The third-order valence-electron chi connectivity index (χ3n) is 15.3. The van der Waals surface area contributed by atoms with Crippen LogP contribution in [0.25, 0.3) is 0 Å². The Morgan fingerprint density at radius 2 is 0.913 bits per heavy atom. The molecule has 4 aromatic carbocycles. The van der Waals surface area contributed by atoms with E-state index in [4.69, 9.17) is 0 Å². The molecule has 9 heteroatoms. The molecule has 3 aliphatic heterocycles. The van der Waals surface area contributed by atoms with Gasteiger partial charge in [0.25, 0.3) is 0 Å². The molecule has 0 aliphatic carbocycles. The van der Waals surface area contributed by atoms with Gasteiger partial charge in [-0.2, -0.15) is 0 Å². The lowest BCUT2D eigenvalue weighted by molar-refractivity contribution is -0.137. The second-order valence-corrected chi connectivity index (χ2v) is 23.4. The molecule has 4 atom stereocenters. The van der Waals surface area contributed by atoms with E-state index in [1.165, 1.54) is 33.8 Å². The first kappa shape index (κ1) is 51.5. The first-order valence-electron chi connectivity index (χ1n) is 26.2. The molecule has 4 unspecified atom stereocenters. The highest BCUT2D eigenvalue weighted by atomic mass is 16.2. The number of hydrogen-bond acceptors (Lipinski definition) is 6. The van der Waals surface area contributed by atoms with E-state index >= 15 is 0 Å². The molecule has 0 saturated carbocycles. The van der Waals surface area contributed by atoms with E-state index in [9.17, 15) is 14.4 Å². The minimum absolute atomic E-state index is 0.00671. The maximum Gasteiger partial charge on any atom is 0.223 e. The minimum Gasteiger partial charge on any atom is -0.368 e. The Morgan fingerprint density at radius 3 is 1.39 bits per heavy atom. The zero-order valence-electron chi connectivity index (χ0n) is 44.4. The van der Waals surface area contributed by atoms with Gasteiger partial charge in [-0.05, 0) is 107 Å². The van der Waals surface area contributed by atoms with E-state index in [1.54, 1.807) is 0 Å². The molecule has 69 heavy (non-hydrogen) atoms. The van der Waals surface area contributed by atoms with Gasteiger partial charge in [0, 0.05) is 107 Å². The van der Waals surface area contributed by atoms with Gasteiger partial charge >= 0.3 is 0 Å². The molecule has 3 aliphatic rings. The molecule has 3 saturated heterocycles. The number of aryl methyl sites for hydroxylation is 1. The van der Waals surface area contributed by atoms with Crippen molar-refractivity contribution in [3.8, 4) is 0 Å². The number of nitrogens with zero attached hydrogens (tertiary/aromatic N) is 6. The molecule has 7 rings (SSSR count). The van der Waals surface area contributed by atoms with Crippen molar-refractivity contribution < 1.29 is 14.4 Å². The van der Waals surface area contributed by atoms with Crippen LogP contribution in [0.1, 0.15) is 149 Å². The van der Waals surface area contributed by atoms with E-state index in [0.29, 0.717) is 38.8 Å². The number of carbonyl (C=O) groups excluding carboxylic acids is 3. The largest absolute Gasteiger partial charge is 0.368 e. The fraction of sp³-hybridized carbons (Fsp3) is 0.550. The zero-order chi connectivity index (χ0) is 49.8. The summed E-state index contributed by atoms with van der Waals surface area (Å²) in [4.78, 5) is 55.2. The minimum atomic E-state index is -0.0531. The first-order chi connectivity index (χ1) is 32.6. The summed E-state index contributed by atoms with van der Waals surface area (Å²) < 4.78 is 0. The van der Waals surface area contributed by atoms with Crippen LogP contribution < -0.4 is 14.7 Å². The highest BCUT2D eigenvalue weighted by molar-refractivity contribution is 5.78. The summed E-state index contributed by atoms with van der Waals surface area (Å²) in [5.41, 5.74) is 10.0. The van der Waals surface area contributed by atoms with Gasteiger partial charge in [-0.3, -0.25) is 14.4 Å². The molecule has 4 aromatic rings. The third kappa shape index (κ3) is 12.4. The van der Waals surface area contributed by atoms with Crippen molar-refractivity contribution >= 4 is 34.8 Å². The Kier molecular flexibility index (Phi) is 16.0. The van der Waals surface area contributed by atoms with Crippen molar-refractivity contribution in [1.82, 2.24) is 14.7 Å². The van der Waals surface area contributed by atoms with Crippen molar-refractivity contribution in [1.29, 1.82) is 0 Å². The van der Waals surface area contributed by atoms with Crippen LogP contribution in [0.4, 0.5) is 17.1 Å².